The van der Waals surface area contributed by atoms with Crippen LogP contribution in [0.25, 0.3) is 0 Å². The van der Waals surface area contributed by atoms with Gasteiger partial charge in [-0.05, 0) is 0 Å². The van der Waals surface area contributed by atoms with E-state index in [2.05, 4.69) is 0 Å². The molecular weight excluding hydrogens is 247 g/mol. The molecule has 0 fully saturated rings. The van der Waals surface area contributed by atoms with E-state index < -0.39 is 36.4 Å². The summed E-state index contributed by atoms with van der Waals surface area (Å²) in [7, 11) is 0. The Kier molecular flexibility index (Phi) is 16.1. The Hall–Kier alpha value is 0.0962. The van der Waals surface area contributed by atoms with Gasteiger partial charge in [0.1, 0.15) is 0 Å². The zero-order valence-electron chi connectivity index (χ0n) is 8.50. The van der Waals surface area contributed by atoms with Gasteiger partial charge in [0.05, 0.1) is 0 Å². The second kappa shape index (κ2) is 10.3. The molecule has 0 saturated heterocycles. The summed E-state index contributed by atoms with van der Waals surface area (Å²) in [5.41, 5.74) is -2.86. The number of hydrogen-bond acceptors (Lipinski definition) is 7. The van der Waals surface area contributed by atoms with Gasteiger partial charge >= 0.3 is 58.6 Å². The van der Waals surface area contributed by atoms with Gasteiger partial charge in [-0.2, -0.15) is 0 Å². The van der Waals surface area contributed by atoms with Gasteiger partial charge in [-0.15, -0.1) is 0 Å². The average Bonchev–Trinajstić information content (AvgIpc) is 1.82. The molecule has 0 aliphatic rings. The van der Waals surface area contributed by atoms with Crippen molar-refractivity contribution in [2.45, 2.75) is 18.4 Å². The molecule has 16 heavy (non-hydrogen) atoms. The van der Waals surface area contributed by atoms with Crippen LogP contribution in [0.3, 0.4) is 0 Å². The SMILES string of the molecule is O=C([O-])CC(O)(CC(=O)[O-])C(=O)O.[Mg+2].[Na+].[OH-]. The van der Waals surface area contributed by atoms with Crippen molar-refractivity contribution in [3.05, 3.63) is 0 Å². The fourth-order valence-electron chi connectivity index (χ4n) is 0.691. The van der Waals surface area contributed by atoms with Crippen molar-refractivity contribution in [3.8, 4) is 0 Å². The summed E-state index contributed by atoms with van der Waals surface area (Å²) in [6, 6.07) is 0. The molecule has 0 spiro atoms. The third-order valence-corrected chi connectivity index (χ3v) is 1.27. The molecule has 0 aromatic rings. The third-order valence-electron chi connectivity index (χ3n) is 1.27. The summed E-state index contributed by atoms with van der Waals surface area (Å²) >= 11 is 0. The molecule has 0 saturated carbocycles. The molecule has 3 N–H and O–H groups in total. The van der Waals surface area contributed by atoms with E-state index in [-0.39, 0.29) is 58.1 Å². The van der Waals surface area contributed by atoms with Crippen LogP contribution in [-0.4, -0.2) is 62.3 Å². The van der Waals surface area contributed by atoms with Crippen molar-refractivity contribution in [1.29, 1.82) is 0 Å². The molecule has 0 unspecified atom stereocenters. The Bertz CT molecular complexity index is 239. The minimum absolute atomic E-state index is 0. The van der Waals surface area contributed by atoms with Gasteiger partial charge in [0.2, 0.25) is 0 Å². The Morgan fingerprint density at radius 1 is 1.06 bits per heavy atom. The van der Waals surface area contributed by atoms with Gasteiger partial charge in [0.15, 0.2) is 5.60 Å². The van der Waals surface area contributed by atoms with Crippen LogP contribution in [-0.2, 0) is 14.4 Å². The van der Waals surface area contributed by atoms with Gasteiger partial charge in [-0.25, -0.2) is 4.79 Å². The van der Waals surface area contributed by atoms with Gasteiger partial charge in [-0.1, -0.05) is 0 Å². The molecule has 0 rings (SSSR count). The summed E-state index contributed by atoms with van der Waals surface area (Å²) < 4.78 is 0. The van der Waals surface area contributed by atoms with Gasteiger partial charge in [0.25, 0.3) is 0 Å². The molecule has 8 nitrogen and oxygen atoms in total. The van der Waals surface area contributed by atoms with Crippen LogP contribution in [0.15, 0.2) is 0 Å². The van der Waals surface area contributed by atoms with Crippen LogP contribution in [0.1, 0.15) is 12.8 Å². The monoisotopic (exact) mass is 254 g/mol. The first-order valence-electron chi connectivity index (χ1n) is 3.13. The van der Waals surface area contributed by atoms with Crippen LogP contribution in [0.4, 0.5) is 0 Å². The number of carbonyl (C=O) groups is 3. The molecule has 82 valence electrons. The molecule has 0 amide bonds. The minimum Gasteiger partial charge on any atom is -0.870 e. The summed E-state index contributed by atoms with van der Waals surface area (Å²) in [5.74, 6) is -5.65. The topological polar surface area (TPSA) is 168 Å². The second-order valence-corrected chi connectivity index (χ2v) is 2.43. The molecule has 0 aliphatic carbocycles. The molecule has 0 bridgehead atoms. The van der Waals surface area contributed by atoms with E-state index in [0.717, 1.165) is 0 Å². The summed E-state index contributed by atoms with van der Waals surface area (Å²) in [4.78, 5) is 30.2. The maximum atomic E-state index is 10.3. The van der Waals surface area contributed by atoms with E-state index in [1.165, 1.54) is 0 Å². The average molecular weight is 254 g/mol. The van der Waals surface area contributed by atoms with E-state index >= 15 is 0 Å². The molecule has 0 aromatic heterocycles. The third kappa shape index (κ3) is 9.33. The number of carboxylic acids is 3. The van der Waals surface area contributed by atoms with Crippen molar-refractivity contribution in [1.82, 2.24) is 0 Å². The van der Waals surface area contributed by atoms with Crippen molar-refractivity contribution in [2.75, 3.05) is 0 Å². The Balaban J connectivity index is -0.000000240. The maximum absolute atomic E-state index is 10.3. The van der Waals surface area contributed by atoms with E-state index in [9.17, 15) is 24.6 Å². The zero-order valence-corrected chi connectivity index (χ0v) is 11.9. The van der Waals surface area contributed by atoms with Crippen molar-refractivity contribution in [2.24, 2.45) is 0 Å². The Labute approximate surface area is 128 Å². The zero-order chi connectivity index (χ0) is 10.6. The standard InChI is InChI=1S/C6H8O7.Mg.Na.H2O/c7-3(8)1-6(13,5(11)12)2-4(9)10;;;/h13H,1-2H2,(H,7,8)(H,9,10)(H,11,12);;;1H2/q;+2;+1;/p-3. The molecule has 0 aliphatic heterocycles. The predicted molar refractivity (Wildman–Crippen MR) is 39.5 cm³/mol. The quantitative estimate of drug-likeness (QED) is 0.456. The first-order valence-corrected chi connectivity index (χ1v) is 3.13. The number of aliphatic hydroxyl groups is 1. The fraction of sp³-hybridized carbons (Fsp3) is 0.500. The molecule has 0 atom stereocenters. The van der Waals surface area contributed by atoms with Crippen molar-refractivity contribution >= 4 is 41.0 Å². The number of carbonyl (C=O) groups excluding carboxylic acids is 2. The second-order valence-electron chi connectivity index (χ2n) is 2.43. The van der Waals surface area contributed by atoms with Crippen LogP contribution in [0.5, 0.6) is 0 Å². The molecule has 0 heterocycles. The van der Waals surface area contributed by atoms with E-state index in [0.29, 0.717) is 0 Å². The number of hydrogen-bond donors (Lipinski definition) is 2. The maximum Gasteiger partial charge on any atom is 2.00 e. The normalized spacial score (nSPS) is 8.81. The van der Waals surface area contributed by atoms with Crippen LogP contribution < -0.4 is 39.8 Å². The Morgan fingerprint density at radius 3 is 1.44 bits per heavy atom. The first kappa shape index (κ1) is 25.1. The van der Waals surface area contributed by atoms with Crippen LogP contribution in [0.2, 0.25) is 0 Å². The van der Waals surface area contributed by atoms with Gasteiger partial charge < -0.3 is 35.5 Å². The largest absolute Gasteiger partial charge is 2.00 e. The van der Waals surface area contributed by atoms with E-state index in [1.807, 2.05) is 0 Å². The van der Waals surface area contributed by atoms with Gasteiger partial charge in [0, 0.05) is 24.8 Å². The van der Waals surface area contributed by atoms with Gasteiger partial charge in [-0.3, -0.25) is 0 Å². The van der Waals surface area contributed by atoms with Crippen LogP contribution >= 0.6 is 0 Å². The minimum atomic E-state index is -2.86. The Morgan fingerprint density at radius 2 is 1.31 bits per heavy atom. The predicted octanol–water partition coefficient (Wildman–Crippen LogP) is -7.47. The first-order chi connectivity index (χ1) is 5.78. The fourth-order valence-corrected chi connectivity index (χ4v) is 0.691. The summed E-state index contributed by atoms with van der Waals surface area (Å²) in [6.45, 7) is 0. The smallest absolute Gasteiger partial charge is 0.870 e. The van der Waals surface area contributed by atoms with E-state index in [4.69, 9.17) is 10.2 Å². The molecular formula is C6H7MgNaO8. The van der Waals surface area contributed by atoms with Crippen LogP contribution in [0, 0.1) is 0 Å². The molecule has 0 radical (unpaired) electrons. The van der Waals surface area contributed by atoms with Crippen molar-refractivity contribution < 1.29 is 69.8 Å². The molecule has 0 aromatic carbocycles. The number of aliphatic carboxylic acids is 3. The summed E-state index contributed by atoms with van der Waals surface area (Å²) in [5, 5.41) is 37.2. The van der Waals surface area contributed by atoms with E-state index in [1.54, 1.807) is 0 Å². The number of carboxylic acid groups (broad SMARTS) is 3. The van der Waals surface area contributed by atoms with Crippen molar-refractivity contribution in [3.63, 3.8) is 0 Å². The number of rotatable bonds is 5. The molecule has 10 heteroatoms. The summed E-state index contributed by atoms with van der Waals surface area (Å²) in [6.07, 6.45) is -2.59.